The average molecular weight is 235 g/mol. The molecule has 0 aliphatic rings. The molecule has 1 aromatic heterocycles. The van der Waals surface area contributed by atoms with Crippen LogP contribution in [0.15, 0.2) is 36.5 Å². The van der Waals surface area contributed by atoms with E-state index >= 15 is 0 Å². The molecular weight excluding hydrogens is 224 g/mol. The summed E-state index contributed by atoms with van der Waals surface area (Å²) in [5.74, 6) is -0.0655. The van der Waals surface area contributed by atoms with Gasteiger partial charge in [0.05, 0.1) is 18.3 Å². The van der Waals surface area contributed by atoms with E-state index in [-0.39, 0.29) is 5.78 Å². The molecular formula is C12H11ClN2O. The van der Waals surface area contributed by atoms with Crippen LogP contribution in [0.25, 0.3) is 0 Å². The number of carbonyl (C=O) groups is 1. The normalized spacial score (nSPS) is 10.4. The summed E-state index contributed by atoms with van der Waals surface area (Å²) in [6, 6.07) is 9.85. The van der Waals surface area contributed by atoms with E-state index in [0.29, 0.717) is 17.3 Å². The summed E-state index contributed by atoms with van der Waals surface area (Å²) < 4.78 is 1.62. The second-order valence-electron chi connectivity index (χ2n) is 3.55. The Morgan fingerprint density at radius 2 is 2.06 bits per heavy atom. The molecule has 1 aromatic carbocycles. The van der Waals surface area contributed by atoms with Crippen LogP contribution in [0.3, 0.4) is 0 Å². The van der Waals surface area contributed by atoms with Crippen LogP contribution in [0.5, 0.6) is 0 Å². The van der Waals surface area contributed by atoms with Crippen molar-refractivity contribution < 1.29 is 4.79 Å². The lowest BCUT2D eigenvalue weighted by atomic mass is 10.2. The lowest BCUT2D eigenvalue weighted by molar-refractivity contribution is 0.101. The summed E-state index contributed by atoms with van der Waals surface area (Å²) in [6.07, 6.45) is 1.51. The largest absolute Gasteiger partial charge is 0.294 e. The number of nitrogens with zero attached hydrogens (tertiary/aromatic N) is 2. The molecule has 1 heterocycles. The van der Waals surface area contributed by atoms with Crippen molar-refractivity contribution in [1.29, 1.82) is 0 Å². The number of ketones is 1. The van der Waals surface area contributed by atoms with Gasteiger partial charge < -0.3 is 0 Å². The fourth-order valence-corrected chi connectivity index (χ4v) is 1.76. The summed E-state index contributed by atoms with van der Waals surface area (Å²) in [6.45, 7) is 2.06. The van der Waals surface area contributed by atoms with E-state index in [4.69, 9.17) is 11.6 Å². The second-order valence-corrected chi connectivity index (χ2v) is 3.91. The Hall–Kier alpha value is -1.61. The van der Waals surface area contributed by atoms with Crippen molar-refractivity contribution in [3.63, 3.8) is 0 Å². The van der Waals surface area contributed by atoms with Gasteiger partial charge in [0, 0.05) is 0 Å². The van der Waals surface area contributed by atoms with E-state index in [1.54, 1.807) is 4.68 Å². The van der Waals surface area contributed by atoms with Crippen molar-refractivity contribution in [2.75, 3.05) is 0 Å². The van der Waals surface area contributed by atoms with Crippen LogP contribution in [0, 0.1) is 0 Å². The van der Waals surface area contributed by atoms with Crippen molar-refractivity contribution >= 4 is 17.4 Å². The number of Topliss-reactive ketones (excluding diaryl/α,β-unsaturated/α-hetero) is 1. The van der Waals surface area contributed by atoms with Gasteiger partial charge in [-0.3, -0.25) is 4.79 Å². The maximum Gasteiger partial charge on any atom is 0.164 e. The highest BCUT2D eigenvalue weighted by molar-refractivity contribution is 6.32. The lowest BCUT2D eigenvalue weighted by Crippen LogP contribution is -2.02. The molecule has 0 unspecified atom stereocenters. The first-order chi connectivity index (χ1) is 7.68. The maximum atomic E-state index is 11.2. The highest BCUT2D eigenvalue weighted by Gasteiger charge is 2.11. The Morgan fingerprint density at radius 3 is 2.62 bits per heavy atom. The molecule has 0 aliphatic carbocycles. The molecule has 2 aromatic rings. The van der Waals surface area contributed by atoms with Gasteiger partial charge in [0.25, 0.3) is 0 Å². The van der Waals surface area contributed by atoms with Gasteiger partial charge in [0.2, 0.25) is 0 Å². The quantitative estimate of drug-likeness (QED) is 0.766. The van der Waals surface area contributed by atoms with Crippen LogP contribution in [0.1, 0.15) is 22.8 Å². The van der Waals surface area contributed by atoms with Crippen LogP contribution in [0.2, 0.25) is 5.15 Å². The summed E-state index contributed by atoms with van der Waals surface area (Å²) in [7, 11) is 0. The number of rotatable bonds is 3. The van der Waals surface area contributed by atoms with Gasteiger partial charge in [-0.1, -0.05) is 41.9 Å². The molecule has 0 atom stereocenters. The monoisotopic (exact) mass is 234 g/mol. The Bertz CT molecular complexity index is 505. The van der Waals surface area contributed by atoms with Crippen LogP contribution in [0.4, 0.5) is 0 Å². The molecule has 82 valence electrons. The fraction of sp³-hybridized carbons (Fsp3) is 0.167. The van der Waals surface area contributed by atoms with E-state index < -0.39 is 0 Å². The standard InChI is InChI=1S/C12H11ClN2O/c1-9(16)11-7-14-15(12(11)13)8-10-5-3-2-4-6-10/h2-7H,8H2,1H3. The molecule has 0 saturated heterocycles. The van der Waals surface area contributed by atoms with E-state index in [9.17, 15) is 4.79 Å². The van der Waals surface area contributed by atoms with Gasteiger partial charge in [-0.2, -0.15) is 5.10 Å². The third-order valence-electron chi connectivity index (χ3n) is 2.33. The van der Waals surface area contributed by atoms with E-state index in [1.165, 1.54) is 13.1 Å². The smallest absolute Gasteiger partial charge is 0.164 e. The minimum Gasteiger partial charge on any atom is -0.294 e. The highest BCUT2D eigenvalue weighted by Crippen LogP contribution is 2.17. The minimum absolute atomic E-state index is 0.0655. The second kappa shape index (κ2) is 4.49. The summed E-state index contributed by atoms with van der Waals surface area (Å²) in [4.78, 5) is 11.2. The molecule has 16 heavy (non-hydrogen) atoms. The van der Waals surface area contributed by atoms with Crippen molar-refractivity contribution in [1.82, 2.24) is 9.78 Å². The Morgan fingerprint density at radius 1 is 1.38 bits per heavy atom. The number of aromatic nitrogens is 2. The average Bonchev–Trinajstić information content (AvgIpc) is 2.62. The summed E-state index contributed by atoms with van der Waals surface area (Å²) >= 11 is 6.05. The highest BCUT2D eigenvalue weighted by atomic mass is 35.5. The topological polar surface area (TPSA) is 34.9 Å². The predicted octanol–water partition coefficient (Wildman–Crippen LogP) is 2.79. The lowest BCUT2D eigenvalue weighted by Gasteiger charge is -2.03. The minimum atomic E-state index is -0.0655. The van der Waals surface area contributed by atoms with Crippen molar-refractivity contribution in [3.05, 3.63) is 52.8 Å². The van der Waals surface area contributed by atoms with Gasteiger partial charge in [-0.25, -0.2) is 4.68 Å². The summed E-state index contributed by atoms with van der Waals surface area (Å²) in [5.41, 5.74) is 1.57. The zero-order valence-electron chi connectivity index (χ0n) is 8.85. The molecule has 0 bridgehead atoms. The third kappa shape index (κ3) is 2.14. The van der Waals surface area contributed by atoms with Crippen LogP contribution in [-0.2, 0) is 6.54 Å². The van der Waals surface area contributed by atoms with Gasteiger partial charge in [-0.05, 0) is 12.5 Å². The zero-order valence-corrected chi connectivity index (χ0v) is 9.61. The number of carbonyl (C=O) groups excluding carboxylic acids is 1. The van der Waals surface area contributed by atoms with E-state index in [0.717, 1.165) is 5.56 Å². The van der Waals surface area contributed by atoms with E-state index in [2.05, 4.69) is 5.10 Å². The Labute approximate surface area is 98.7 Å². The molecule has 0 fully saturated rings. The molecule has 0 radical (unpaired) electrons. The first-order valence-electron chi connectivity index (χ1n) is 4.94. The Kier molecular flexibility index (Phi) is 3.06. The molecule has 0 aliphatic heterocycles. The zero-order chi connectivity index (χ0) is 11.5. The van der Waals surface area contributed by atoms with Crippen molar-refractivity contribution in [2.45, 2.75) is 13.5 Å². The number of hydrogen-bond donors (Lipinski definition) is 0. The number of halogens is 1. The third-order valence-corrected chi connectivity index (χ3v) is 2.73. The maximum absolute atomic E-state index is 11.2. The molecule has 0 saturated carbocycles. The molecule has 0 amide bonds. The van der Waals surface area contributed by atoms with Gasteiger partial charge in [0.1, 0.15) is 5.15 Å². The molecule has 2 rings (SSSR count). The first kappa shape index (κ1) is 10.9. The summed E-state index contributed by atoms with van der Waals surface area (Å²) in [5, 5.41) is 4.50. The fourth-order valence-electron chi connectivity index (χ4n) is 1.47. The van der Waals surface area contributed by atoms with Gasteiger partial charge >= 0.3 is 0 Å². The first-order valence-corrected chi connectivity index (χ1v) is 5.32. The molecule has 3 nitrogen and oxygen atoms in total. The van der Waals surface area contributed by atoms with E-state index in [1.807, 2.05) is 30.3 Å². The van der Waals surface area contributed by atoms with Crippen molar-refractivity contribution in [3.8, 4) is 0 Å². The Balaban J connectivity index is 2.26. The number of benzene rings is 1. The van der Waals surface area contributed by atoms with Crippen LogP contribution in [-0.4, -0.2) is 15.6 Å². The molecule has 0 spiro atoms. The predicted molar refractivity (Wildman–Crippen MR) is 62.8 cm³/mol. The van der Waals surface area contributed by atoms with Gasteiger partial charge in [0.15, 0.2) is 5.78 Å². The van der Waals surface area contributed by atoms with Crippen LogP contribution < -0.4 is 0 Å². The van der Waals surface area contributed by atoms with Gasteiger partial charge in [-0.15, -0.1) is 0 Å². The SMILES string of the molecule is CC(=O)c1cnn(Cc2ccccc2)c1Cl. The molecule has 0 N–H and O–H groups in total. The molecule has 4 heteroatoms. The van der Waals surface area contributed by atoms with Crippen molar-refractivity contribution in [2.24, 2.45) is 0 Å². The number of hydrogen-bond acceptors (Lipinski definition) is 2. The van der Waals surface area contributed by atoms with Crippen LogP contribution >= 0.6 is 11.6 Å².